The number of benzene rings is 1. The standard InChI is InChI=1S/C15H21BrN2O.ClH/c1-10-3-4-13(9-14(10)16)15(19)18-7-5-12(6-8-18)11(2)17;/h3-4,9,11-12H,5-8,17H2,1-2H3;1H. The lowest BCUT2D eigenvalue weighted by atomic mass is 9.90. The highest BCUT2D eigenvalue weighted by Gasteiger charge is 2.25. The van der Waals surface area contributed by atoms with E-state index in [1.165, 1.54) is 0 Å². The Morgan fingerprint density at radius 2 is 2.00 bits per heavy atom. The summed E-state index contributed by atoms with van der Waals surface area (Å²) in [6.45, 7) is 5.71. The van der Waals surface area contributed by atoms with E-state index in [0.29, 0.717) is 5.92 Å². The fourth-order valence-electron chi connectivity index (χ4n) is 2.54. The third-order valence-corrected chi connectivity index (χ3v) is 4.84. The smallest absolute Gasteiger partial charge is 0.253 e. The van der Waals surface area contributed by atoms with Crippen LogP contribution in [0.5, 0.6) is 0 Å². The molecule has 1 saturated heterocycles. The molecule has 0 radical (unpaired) electrons. The molecule has 112 valence electrons. The maximum Gasteiger partial charge on any atom is 0.253 e. The van der Waals surface area contributed by atoms with Gasteiger partial charge < -0.3 is 10.6 Å². The van der Waals surface area contributed by atoms with Crippen molar-refractivity contribution in [1.29, 1.82) is 0 Å². The molecule has 0 aromatic heterocycles. The molecule has 0 bridgehead atoms. The summed E-state index contributed by atoms with van der Waals surface area (Å²) in [6.07, 6.45) is 2.02. The van der Waals surface area contributed by atoms with Gasteiger partial charge in [-0.25, -0.2) is 0 Å². The summed E-state index contributed by atoms with van der Waals surface area (Å²) in [5, 5.41) is 0. The lowest BCUT2D eigenvalue weighted by Gasteiger charge is -2.33. The first kappa shape index (κ1) is 17.5. The van der Waals surface area contributed by atoms with Crippen LogP contribution in [0.2, 0.25) is 0 Å². The van der Waals surface area contributed by atoms with E-state index < -0.39 is 0 Å². The van der Waals surface area contributed by atoms with Gasteiger partial charge in [-0.2, -0.15) is 0 Å². The zero-order chi connectivity index (χ0) is 14.0. The van der Waals surface area contributed by atoms with Crippen LogP contribution in [0, 0.1) is 12.8 Å². The van der Waals surface area contributed by atoms with Crippen LogP contribution >= 0.6 is 28.3 Å². The fraction of sp³-hybridized carbons (Fsp3) is 0.533. The Labute approximate surface area is 135 Å². The third-order valence-electron chi connectivity index (χ3n) is 3.99. The largest absolute Gasteiger partial charge is 0.339 e. The van der Waals surface area contributed by atoms with E-state index >= 15 is 0 Å². The number of carbonyl (C=O) groups is 1. The summed E-state index contributed by atoms with van der Waals surface area (Å²) in [5.41, 5.74) is 7.83. The number of hydrogen-bond acceptors (Lipinski definition) is 2. The van der Waals surface area contributed by atoms with Crippen molar-refractivity contribution in [2.24, 2.45) is 11.7 Å². The number of nitrogens with zero attached hydrogens (tertiary/aromatic N) is 1. The first-order valence-electron chi connectivity index (χ1n) is 6.80. The van der Waals surface area contributed by atoms with E-state index in [-0.39, 0.29) is 24.4 Å². The van der Waals surface area contributed by atoms with Crippen LogP contribution in [0.3, 0.4) is 0 Å². The summed E-state index contributed by atoms with van der Waals surface area (Å²) >= 11 is 3.48. The van der Waals surface area contributed by atoms with Crippen LogP contribution in [0.4, 0.5) is 0 Å². The average molecular weight is 362 g/mol. The first-order chi connectivity index (χ1) is 8.99. The number of hydrogen-bond donors (Lipinski definition) is 1. The average Bonchev–Trinajstić information content (AvgIpc) is 2.41. The van der Waals surface area contributed by atoms with Gasteiger partial charge in [-0.1, -0.05) is 22.0 Å². The Balaban J connectivity index is 0.00000200. The van der Waals surface area contributed by atoms with Gasteiger partial charge in [0.05, 0.1) is 0 Å². The molecule has 2 rings (SSSR count). The zero-order valence-corrected chi connectivity index (χ0v) is 14.3. The molecule has 1 atom stereocenters. The predicted molar refractivity (Wildman–Crippen MR) is 88.4 cm³/mol. The first-order valence-corrected chi connectivity index (χ1v) is 7.59. The van der Waals surface area contributed by atoms with Crippen LogP contribution in [0.15, 0.2) is 22.7 Å². The van der Waals surface area contributed by atoms with Gasteiger partial charge >= 0.3 is 0 Å². The van der Waals surface area contributed by atoms with Crippen LogP contribution in [0.25, 0.3) is 0 Å². The Morgan fingerprint density at radius 1 is 1.40 bits per heavy atom. The van der Waals surface area contributed by atoms with Crippen LogP contribution in [-0.2, 0) is 0 Å². The molecule has 1 aromatic carbocycles. The number of amides is 1. The molecule has 0 saturated carbocycles. The summed E-state index contributed by atoms with van der Waals surface area (Å²) in [7, 11) is 0. The zero-order valence-electron chi connectivity index (χ0n) is 11.9. The monoisotopic (exact) mass is 360 g/mol. The minimum atomic E-state index is 0. The molecular weight excluding hydrogens is 340 g/mol. The summed E-state index contributed by atoms with van der Waals surface area (Å²) in [5.74, 6) is 0.678. The molecule has 1 aromatic rings. The minimum Gasteiger partial charge on any atom is -0.339 e. The molecular formula is C15H22BrClN2O. The third kappa shape index (κ3) is 3.96. The lowest BCUT2D eigenvalue weighted by Crippen LogP contribution is -2.42. The van der Waals surface area contributed by atoms with Crippen molar-refractivity contribution >= 4 is 34.2 Å². The van der Waals surface area contributed by atoms with Crippen molar-refractivity contribution in [1.82, 2.24) is 4.90 Å². The molecule has 20 heavy (non-hydrogen) atoms. The van der Waals surface area contributed by atoms with Gasteiger partial charge in [-0.3, -0.25) is 4.79 Å². The van der Waals surface area contributed by atoms with Crippen molar-refractivity contribution < 1.29 is 4.79 Å². The number of halogens is 2. The number of nitrogens with two attached hydrogens (primary N) is 1. The quantitative estimate of drug-likeness (QED) is 0.878. The molecule has 0 aliphatic carbocycles. The lowest BCUT2D eigenvalue weighted by molar-refractivity contribution is 0.0681. The SMILES string of the molecule is Cc1ccc(C(=O)N2CCC(C(C)N)CC2)cc1Br.Cl. The van der Waals surface area contributed by atoms with Gasteiger partial charge in [0.2, 0.25) is 0 Å². The minimum absolute atomic E-state index is 0. The number of rotatable bonds is 2. The van der Waals surface area contributed by atoms with Crippen LogP contribution in [-0.4, -0.2) is 29.9 Å². The van der Waals surface area contributed by atoms with Gasteiger partial charge in [0, 0.05) is 29.2 Å². The van der Waals surface area contributed by atoms with E-state index in [2.05, 4.69) is 22.9 Å². The molecule has 3 nitrogen and oxygen atoms in total. The van der Waals surface area contributed by atoms with E-state index in [9.17, 15) is 4.79 Å². The van der Waals surface area contributed by atoms with Gasteiger partial charge in [0.1, 0.15) is 0 Å². The molecule has 5 heteroatoms. The summed E-state index contributed by atoms with van der Waals surface area (Å²) < 4.78 is 0.990. The van der Waals surface area contributed by atoms with Crippen molar-refractivity contribution in [3.63, 3.8) is 0 Å². The van der Waals surface area contributed by atoms with Crippen molar-refractivity contribution in [3.8, 4) is 0 Å². The Morgan fingerprint density at radius 3 is 2.50 bits per heavy atom. The molecule has 1 amide bonds. The highest BCUT2D eigenvalue weighted by molar-refractivity contribution is 9.10. The van der Waals surface area contributed by atoms with Gasteiger partial charge in [-0.05, 0) is 50.3 Å². The number of likely N-dealkylation sites (tertiary alicyclic amines) is 1. The number of carbonyl (C=O) groups excluding carboxylic acids is 1. The number of aryl methyl sites for hydroxylation is 1. The topological polar surface area (TPSA) is 46.3 Å². The Bertz CT molecular complexity index is 471. The molecule has 1 fully saturated rings. The second-order valence-electron chi connectivity index (χ2n) is 5.45. The van der Waals surface area contributed by atoms with E-state index in [4.69, 9.17) is 5.73 Å². The Kier molecular flexibility index (Phi) is 6.49. The van der Waals surface area contributed by atoms with Crippen LogP contribution in [0.1, 0.15) is 35.7 Å². The molecule has 1 unspecified atom stereocenters. The Hall–Kier alpha value is -0.580. The highest BCUT2D eigenvalue weighted by atomic mass is 79.9. The van der Waals surface area contributed by atoms with Crippen molar-refractivity contribution in [2.75, 3.05) is 13.1 Å². The normalized spacial score (nSPS) is 17.5. The fourth-order valence-corrected chi connectivity index (χ4v) is 2.92. The highest BCUT2D eigenvalue weighted by Crippen LogP contribution is 2.23. The van der Waals surface area contributed by atoms with E-state index in [1.807, 2.05) is 30.0 Å². The second kappa shape index (κ2) is 7.43. The predicted octanol–water partition coefficient (Wildman–Crippen LogP) is 3.38. The van der Waals surface area contributed by atoms with Gasteiger partial charge in [0.15, 0.2) is 0 Å². The van der Waals surface area contributed by atoms with Crippen molar-refractivity contribution in [2.45, 2.75) is 32.7 Å². The van der Waals surface area contributed by atoms with E-state index in [0.717, 1.165) is 41.5 Å². The maximum absolute atomic E-state index is 12.4. The maximum atomic E-state index is 12.4. The summed E-state index contributed by atoms with van der Waals surface area (Å²) in [6, 6.07) is 6.02. The van der Waals surface area contributed by atoms with Crippen LogP contribution < -0.4 is 5.73 Å². The van der Waals surface area contributed by atoms with Gasteiger partial charge in [-0.15, -0.1) is 12.4 Å². The second-order valence-corrected chi connectivity index (χ2v) is 6.31. The molecule has 1 aliphatic rings. The number of piperidine rings is 1. The van der Waals surface area contributed by atoms with E-state index in [1.54, 1.807) is 0 Å². The molecule has 1 heterocycles. The summed E-state index contributed by atoms with van der Waals surface area (Å²) in [4.78, 5) is 14.4. The van der Waals surface area contributed by atoms with Crippen molar-refractivity contribution in [3.05, 3.63) is 33.8 Å². The molecule has 1 aliphatic heterocycles. The molecule has 0 spiro atoms. The van der Waals surface area contributed by atoms with Gasteiger partial charge in [0.25, 0.3) is 5.91 Å². The molecule has 2 N–H and O–H groups in total.